The number of hydrogen-bond acceptors (Lipinski definition) is 7. The van der Waals surface area contributed by atoms with Crippen LogP contribution in [-0.4, -0.2) is 62.7 Å². The number of sulfonamides is 1. The van der Waals surface area contributed by atoms with E-state index in [1.165, 1.54) is 17.2 Å². The number of rotatable bonds is 11. The van der Waals surface area contributed by atoms with Gasteiger partial charge in [-0.2, -0.15) is 0 Å². The Bertz CT molecular complexity index is 1480. The summed E-state index contributed by atoms with van der Waals surface area (Å²) in [5, 5.41) is 20.9. The Morgan fingerprint density at radius 3 is 2.74 bits per heavy atom. The molecule has 3 aliphatic rings. The van der Waals surface area contributed by atoms with Gasteiger partial charge in [0.05, 0.1) is 30.8 Å². The van der Waals surface area contributed by atoms with Crippen LogP contribution in [-0.2, 0) is 21.9 Å². The Balaban J connectivity index is 1.48. The number of aliphatic hydroxyl groups excluding tert-OH is 2. The lowest BCUT2D eigenvalue weighted by atomic mass is 9.68. The summed E-state index contributed by atoms with van der Waals surface area (Å²) in [6.45, 7) is 8.74. The number of aliphatic hydroxyl groups is 2. The van der Waals surface area contributed by atoms with Gasteiger partial charge in [-0.1, -0.05) is 29.8 Å². The van der Waals surface area contributed by atoms with Gasteiger partial charge in [0.2, 0.25) is 10.0 Å². The van der Waals surface area contributed by atoms with Crippen LogP contribution < -0.4 is 14.4 Å². The molecule has 0 aromatic heterocycles. The number of anilines is 1. The first-order valence-electron chi connectivity index (χ1n) is 15.0. The van der Waals surface area contributed by atoms with E-state index in [1.54, 1.807) is 24.3 Å². The first kappa shape index (κ1) is 31.6. The van der Waals surface area contributed by atoms with Crippen molar-refractivity contribution in [1.29, 1.82) is 0 Å². The lowest BCUT2D eigenvalue weighted by Gasteiger charge is -2.45. The third-order valence-electron chi connectivity index (χ3n) is 9.38. The zero-order valence-corrected chi connectivity index (χ0v) is 26.0. The van der Waals surface area contributed by atoms with Gasteiger partial charge >= 0.3 is 0 Å². The molecule has 1 amide bonds. The van der Waals surface area contributed by atoms with Crippen LogP contribution in [0.25, 0.3) is 0 Å². The highest BCUT2D eigenvalue weighted by Gasteiger charge is 2.44. The van der Waals surface area contributed by atoms with Crippen molar-refractivity contribution in [3.05, 3.63) is 83.4 Å². The molecule has 0 unspecified atom stereocenters. The van der Waals surface area contributed by atoms with Crippen LogP contribution in [0.5, 0.6) is 5.75 Å². The molecule has 1 fully saturated rings. The molecule has 2 aliphatic carbocycles. The van der Waals surface area contributed by atoms with Gasteiger partial charge in [-0.25, -0.2) is 13.1 Å². The van der Waals surface area contributed by atoms with Crippen LogP contribution in [0.2, 0.25) is 5.02 Å². The van der Waals surface area contributed by atoms with Gasteiger partial charge in [0.15, 0.2) is 0 Å². The van der Waals surface area contributed by atoms with E-state index in [0.29, 0.717) is 36.9 Å². The number of hydrogen-bond donors (Lipinski definition) is 3. The highest BCUT2D eigenvalue weighted by Crippen LogP contribution is 2.46. The third-order valence-corrected chi connectivity index (χ3v) is 11.0. The summed E-state index contributed by atoms with van der Waals surface area (Å²) in [6.07, 6.45) is 8.01. The second-order valence-electron chi connectivity index (χ2n) is 12.3. The van der Waals surface area contributed by atoms with Crippen LogP contribution in [0.4, 0.5) is 5.69 Å². The summed E-state index contributed by atoms with van der Waals surface area (Å²) in [6, 6.07) is 11.1. The van der Waals surface area contributed by atoms with Crippen molar-refractivity contribution >= 4 is 33.2 Å². The average molecular weight is 629 g/mol. The topological polar surface area (TPSA) is 116 Å². The summed E-state index contributed by atoms with van der Waals surface area (Å²) in [5.74, 6) is -0.841. The monoisotopic (exact) mass is 628 g/mol. The van der Waals surface area contributed by atoms with Crippen molar-refractivity contribution in [3.63, 3.8) is 0 Å². The van der Waals surface area contributed by atoms with Gasteiger partial charge in [-0.3, -0.25) is 4.79 Å². The fraction of sp³-hybridized carbons (Fsp3) is 0.485. The number of amides is 1. The number of nitrogens with zero attached hydrogens (tertiary/aromatic N) is 1. The second kappa shape index (κ2) is 13.0. The summed E-state index contributed by atoms with van der Waals surface area (Å²) >= 11 is 6.37. The van der Waals surface area contributed by atoms with Crippen molar-refractivity contribution in [2.75, 3.05) is 37.0 Å². The molecule has 1 heterocycles. The van der Waals surface area contributed by atoms with Gasteiger partial charge in [0.25, 0.3) is 5.91 Å². The van der Waals surface area contributed by atoms with Gasteiger partial charge < -0.3 is 19.8 Å². The summed E-state index contributed by atoms with van der Waals surface area (Å²) in [5.41, 5.74) is 3.07. The zero-order valence-electron chi connectivity index (χ0n) is 24.4. The van der Waals surface area contributed by atoms with E-state index in [9.17, 15) is 23.4 Å². The Kier molecular flexibility index (Phi) is 9.56. The minimum absolute atomic E-state index is 0.153. The molecule has 0 bridgehead atoms. The minimum atomic E-state index is -4.01. The molecule has 232 valence electrons. The molecule has 8 nitrogen and oxygen atoms in total. The van der Waals surface area contributed by atoms with Gasteiger partial charge in [0, 0.05) is 35.0 Å². The molecule has 5 atom stereocenters. The maximum atomic E-state index is 13.2. The van der Waals surface area contributed by atoms with E-state index >= 15 is 0 Å². The second-order valence-corrected chi connectivity index (χ2v) is 14.5. The van der Waals surface area contributed by atoms with E-state index in [0.717, 1.165) is 37.8 Å². The van der Waals surface area contributed by atoms with Crippen molar-refractivity contribution in [1.82, 2.24) is 4.72 Å². The summed E-state index contributed by atoms with van der Waals surface area (Å²) in [7, 11) is -4.01. The largest absolute Gasteiger partial charge is 0.490 e. The molecule has 1 spiro atoms. The number of benzene rings is 2. The molecule has 2 aromatic rings. The lowest BCUT2D eigenvalue weighted by molar-refractivity contribution is 0.0178. The van der Waals surface area contributed by atoms with E-state index in [1.807, 2.05) is 12.1 Å². The van der Waals surface area contributed by atoms with Gasteiger partial charge in [0.1, 0.15) is 5.75 Å². The maximum Gasteiger partial charge on any atom is 0.264 e. The molecule has 10 heteroatoms. The predicted octanol–water partition coefficient (Wildman–Crippen LogP) is 4.63. The molecular formula is C33H41ClN2O6S. The number of halogens is 1. The highest BCUT2D eigenvalue weighted by atomic mass is 35.5. The van der Waals surface area contributed by atoms with Crippen molar-refractivity contribution in [3.8, 4) is 5.75 Å². The SMILES string of the molecule is C=CC[C@H](O)[C@@H]1CC[C@H]1CN1C[C@@]2(CCCc3cc(Cl)ccc32)COc2ccc(C(=O)NS(=O)(=O)C[C@@H](C=C)CO)cc21. The number of fused-ring (bicyclic) bond motifs is 3. The minimum Gasteiger partial charge on any atom is -0.490 e. The predicted molar refractivity (Wildman–Crippen MR) is 169 cm³/mol. The molecule has 5 rings (SSSR count). The quantitative estimate of drug-likeness (QED) is 0.311. The average Bonchev–Trinajstić information content (AvgIpc) is 3.10. The fourth-order valence-electron chi connectivity index (χ4n) is 6.93. The molecule has 0 radical (unpaired) electrons. The van der Waals surface area contributed by atoms with Crippen LogP contribution in [0, 0.1) is 17.8 Å². The van der Waals surface area contributed by atoms with Crippen LogP contribution in [0.3, 0.4) is 0 Å². The summed E-state index contributed by atoms with van der Waals surface area (Å²) < 4.78 is 34.0. The van der Waals surface area contributed by atoms with Crippen molar-refractivity contribution < 1.29 is 28.2 Å². The molecule has 2 aromatic carbocycles. The van der Waals surface area contributed by atoms with Gasteiger partial charge in [-0.05, 0) is 91.8 Å². The standard InChI is InChI=1S/C33H41ClN2O6S/c1-3-6-30(38)27-11-8-25(27)17-36-20-33(14-5-7-23-15-26(34)10-12-28(23)33)21-42-31-13-9-24(16-29(31)36)32(39)35-43(40,41)19-22(4-2)18-37/h3-4,9-10,12-13,15-16,22,25,27,30,37-38H,1-2,5-8,11,14,17-21H2,(H,35,39)/t22-,25-,27+,30-,33-/m0/s1. The number of nitrogens with one attached hydrogen (secondary N) is 1. The maximum absolute atomic E-state index is 13.2. The molecule has 3 N–H and O–H groups in total. The van der Waals surface area contributed by atoms with Gasteiger partial charge in [-0.15, -0.1) is 13.2 Å². The lowest BCUT2D eigenvalue weighted by Crippen LogP contribution is -2.49. The van der Waals surface area contributed by atoms with E-state index in [2.05, 4.69) is 28.8 Å². The van der Waals surface area contributed by atoms with Crippen molar-refractivity contribution in [2.24, 2.45) is 17.8 Å². The zero-order chi connectivity index (χ0) is 30.8. The third kappa shape index (κ3) is 6.80. The fourth-order valence-corrected chi connectivity index (χ4v) is 8.41. The van der Waals surface area contributed by atoms with Crippen LogP contribution in [0.1, 0.15) is 53.6 Å². The Morgan fingerprint density at radius 1 is 1.23 bits per heavy atom. The Morgan fingerprint density at radius 2 is 2.05 bits per heavy atom. The number of aryl methyl sites for hydroxylation is 1. The molecule has 0 saturated heterocycles. The van der Waals surface area contributed by atoms with E-state index < -0.39 is 33.7 Å². The molecular weight excluding hydrogens is 588 g/mol. The molecule has 43 heavy (non-hydrogen) atoms. The molecule has 1 saturated carbocycles. The highest BCUT2D eigenvalue weighted by molar-refractivity contribution is 7.90. The van der Waals surface area contributed by atoms with Crippen molar-refractivity contribution in [2.45, 2.75) is 50.0 Å². The van der Waals surface area contributed by atoms with Crippen LogP contribution in [0.15, 0.2) is 61.7 Å². The normalized spacial score (nSPS) is 24.4. The van der Waals surface area contributed by atoms with Crippen LogP contribution >= 0.6 is 11.6 Å². The van der Waals surface area contributed by atoms with E-state index in [-0.39, 0.29) is 29.4 Å². The first-order chi connectivity index (χ1) is 20.6. The number of ether oxygens (including phenoxy) is 1. The Hall–Kier alpha value is -2.85. The summed E-state index contributed by atoms with van der Waals surface area (Å²) in [4.78, 5) is 15.5. The first-order valence-corrected chi connectivity index (χ1v) is 17.0. The Labute approximate surface area is 259 Å². The smallest absolute Gasteiger partial charge is 0.264 e. The van der Waals surface area contributed by atoms with E-state index in [4.69, 9.17) is 16.3 Å². The number of carbonyl (C=O) groups excluding carboxylic acids is 1. The number of carbonyl (C=O) groups is 1. The molecule has 1 aliphatic heterocycles.